The number of alkyl halides is 1. The molecule has 1 aromatic carbocycles. The molecule has 3 aliphatic rings. The number of nitrogens with one attached hydrogen (secondary N) is 2. The van der Waals surface area contributed by atoms with Crippen LogP contribution in [0.15, 0.2) is 53.0 Å². The molecule has 0 radical (unpaired) electrons. The molecular weight excluding hydrogens is 954 g/mol. The summed E-state index contributed by atoms with van der Waals surface area (Å²) in [5.41, 5.74) is -1.27. The molecule has 392 valence electrons. The number of piperidine rings is 1. The quantitative estimate of drug-likeness (QED) is 0.0643. The molecule has 0 amide bonds. The molecule has 5 N–H and O–H groups in total. The van der Waals surface area contributed by atoms with Crippen molar-refractivity contribution in [3.05, 3.63) is 116 Å². The Morgan fingerprint density at radius 1 is 0.803 bits per heavy atom. The lowest BCUT2D eigenvalue weighted by atomic mass is 9.99. The number of thiocarbonyl (C=S) groups is 1. The topological polar surface area (TPSA) is 313 Å². The summed E-state index contributed by atoms with van der Waals surface area (Å²) < 4.78 is 30.8. The van der Waals surface area contributed by atoms with Crippen molar-refractivity contribution in [2.45, 2.75) is 157 Å². The van der Waals surface area contributed by atoms with Crippen LogP contribution in [0.3, 0.4) is 0 Å². The van der Waals surface area contributed by atoms with Gasteiger partial charge < -0.3 is 30.1 Å². The molecule has 3 aromatic heterocycles. The van der Waals surface area contributed by atoms with Crippen molar-refractivity contribution in [2.75, 3.05) is 19.7 Å². The lowest BCUT2D eigenvalue weighted by Crippen LogP contribution is -2.51. The van der Waals surface area contributed by atoms with Crippen LogP contribution in [0.2, 0.25) is 0 Å². The standard InChI is InChI=1S/C24H33FN4O4.C9H13N3O3.C6H9N3O2.C4H9NS.C2H2O4/c1-3-27-16(2)26-23(31)29(24(27)32)14-21(30)13-28-19-8-9-20(28)11-22(10-19)33-15-18-7-5-4-6-17(18)12-25;1-3-11-6(2)10-8(13)12(9(11)14)4-7-5-15-7;1-3-9-4(2)7-5(10)8-6(9)11;1-3-5-4(2)6;3-1(4)2(5)6/h4-7,19-22,30H,3,8-15H2,1-2H3;7H,3-5H2,1-2H3;3H2,1-2H3,(H,8,10,11);3H2,1-2H3,(H,5,6);(H,3,4)(H,5,6)/t19?,20?,21-,22?;;;;/m1..../s1. The van der Waals surface area contributed by atoms with Gasteiger partial charge in [-0.1, -0.05) is 36.5 Å². The molecule has 3 fully saturated rings. The molecule has 6 heterocycles. The van der Waals surface area contributed by atoms with Crippen molar-refractivity contribution in [3.63, 3.8) is 0 Å². The van der Waals surface area contributed by atoms with Gasteiger partial charge in [0.25, 0.3) is 0 Å². The van der Waals surface area contributed by atoms with E-state index in [4.69, 9.17) is 29.3 Å². The highest BCUT2D eigenvalue weighted by molar-refractivity contribution is 7.80. The van der Waals surface area contributed by atoms with Crippen LogP contribution in [-0.4, -0.2) is 130 Å². The van der Waals surface area contributed by atoms with Crippen molar-refractivity contribution in [1.82, 2.24) is 53.0 Å². The number of H-pyrrole nitrogens is 1. The number of rotatable bonds is 14. The van der Waals surface area contributed by atoms with Gasteiger partial charge in [-0.2, -0.15) is 15.0 Å². The van der Waals surface area contributed by atoms with Crippen LogP contribution in [0.4, 0.5) is 4.39 Å². The molecule has 71 heavy (non-hydrogen) atoms. The number of aliphatic carboxylic acids is 2. The highest BCUT2D eigenvalue weighted by Gasteiger charge is 2.41. The molecule has 4 aromatic rings. The third-order valence-corrected chi connectivity index (χ3v) is 11.7. The van der Waals surface area contributed by atoms with Gasteiger partial charge in [-0.3, -0.25) is 23.6 Å². The Morgan fingerprint density at radius 2 is 1.30 bits per heavy atom. The van der Waals surface area contributed by atoms with E-state index in [0.29, 0.717) is 81.1 Å². The second-order valence-electron chi connectivity index (χ2n) is 16.5. The number of halogens is 1. The van der Waals surface area contributed by atoms with Crippen LogP contribution in [-0.2, 0) is 65.1 Å². The Morgan fingerprint density at radius 3 is 1.73 bits per heavy atom. The SMILES string of the molecule is CCNC(C)=S.CCn1c(C)nc(=O)[nH]c1=O.CCn1c(C)nc(=O)n(CC2CO2)c1=O.CCn1c(C)nc(=O)n(C[C@H](O)CN2C3CCC2CC(OCc2ccccc2CF)C3)c1=O.O=C(O)C(=O)O. The first-order valence-electron chi connectivity index (χ1n) is 23.1. The average Bonchev–Trinajstić information content (AvgIpc) is 4.10. The van der Waals surface area contributed by atoms with Gasteiger partial charge >= 0.3 is 46.1 Å². The maximum Gasteiger partial charge on any atom is 0.414 e. The van der Waals surface area contributed by atoms with Crippen molar-refractivity contribution in [1.29, 1.82) is 0 Å². The fourth-order valence-corrected chi connectivity index (χ4v) is 8.18. The highest BCUT2D eigenvalue weighted by atomic mass is 32.1. The second kappa shape index (κ2) is 28.5. The molecule has 0 saturated carbocycles. The third-order valence-electron chi connectivity index (χ3n) is 11.5. The highest BCUT2D eigenvalue weighted by Crippen LogP contribution is 2.37. The summed E-state index contributed by atoms with van der Waals surface area (Å²) in [6, 6.07) is 8.01. The monoisotopic (exact) mass is 1020 g/mol. The van der Waals surface area contributed by atoms with Gasteiger partial charge in [-0.15, -0.1) is 0 Å². The predicted octanol–water partition coefficient (Wildman–Crippen LogP) is 0.267. The maximum atomic E-state index is 13.2. The minimum Gasteiger partial charge on any atom is -0.473 e. The number of carboxylic acids is 2. The summed E-state index contributed by atoms with van der Waals surface area (Å²) in [5.74, 6) is -2.36. The number of ether oxygens (including phenoxy) is 2. The van der Waals surface area contributed by atoms with Crippen LogP contribution >= 0.6 is 12.2 Å². The van der Waals surface area contributed by atoms with Gasteiger partial charge in [0.15, 0.2) is 0 Å². The van der Waals surface area contributed by atoms with E-state index >= 15 is 0 Å². The minimum atomic E-state index is -1.82. The van der Waals surface area contributed by atoms with E-state index in [-0.39, 0.29) is 24.4 Å². The first-order chi connectivity index (χ1) is 33.6. The van der Waals surface area contributed by atoms with Crippen molar-refractivity contribution < 1.29 is 38.8 Å². The number of aromatic amines is 1. The zero-order valence-electron chi connectivity index (χ0n) is 41.3. The van der Waals surface area contributed by atoms with Crippen molar-refractivity contribution in [3.8, 4) is 0 Å². The van der Waals surface area contributed by atoms with Gasteiger partial charge in [0, 0.05) is 44.8 Å². The molecule has 4 atom stereocenters. The van der Waals surface area contributed by atoms with Crippen LogP contribution < -0.4 is 39.5 Å². The number of carbonyl (C=O) groups is 2. The van der Waals surface area contributed by atoms with E-state index in [0.717, 1.165) is 51.9 Å². The molecule has 0 aliphatic carbocycles. The van der Waals surface area contributed by atoms with E-state index in [1.54, 1.807) is 26.8 Å². The Bertz CT molecular complexity index is 2780. The van der Waals surface area contributed by atoms with E-state index in [1.807, 2.05) is 52.8 Å². The van der Waals surface area contributed by atoms with Gasteiger partial charge in [0.2, 0.25) is 0 Å². The number of epoxide rings is 1. The van der Waals surface area contributed by atoms with Crippen molar-refractivity contribution >= 4 is 29.1 Å². The first kappa shape index (κ1) is 59.0. The van der Waals surface area contributed by atoms with Crippen molar-refractivity contribution in [2.24, 2.45) is 0 Å². The minimum absolute atomic E-state index is 0.00483. The summed E-state index contributed by atoms with van der Waals surface area (Å²) >= 11 is 4.68. The van der Waals surface area contributed by atoms with Gasteiger partial charge in [-0.25, -0.2) is 51.9 Å². The number of hydrogen-bond donors (Lipinski definition) is 5. The van der Waals surface area contributed by atoms with Gasteiger partial charge in [0.05, 0.1) is 49.6 Å². The van der Waals surface area contributed by atoms with Crippen LogP contribution in [0.1, 0.15) is 88.9 Å². The Hall–Kier alpha value is -6.35. The predicted molar refractivity (Wildman–Crippen MR) is 261 cm³/mol. The van der Waals surface area contributed by atoms with Crippen LogP contribution in [0.5, 0.6) is 0 Å². The molecule has 3 unspecified atom stereocenters. The summed E-state index contributed by atoms with van der Waals surface area (Å²) in [6.45, 7) is 17.9. The molecule has 2 bridgehead atoms. The van der Waals surface area contributed by atoms with Gasteiger partial charge in [-0.05, 0) is 92.2 Å². The van der Waals surface area contributed by atoms with E-state index in [1.165, 1.54) is 13.7 Å². The number of benzene rings is 1. The van der Waals surface area contributed by atoms with E-state index < -0.39 is 53.2 Å². The number of aryl methyl sites for hydroxylation is 3. The molecular formula is C45H66FN11O13S. The van der Waals surface area contributed by atoms with E-state index in [2.05, 4.69) is 42.4 Å². The normalized spacial score (nSPS) is 17.9. The fraction of sp³-hybridized carbons (Fsp3) is 0.600. The molecule has 3 saturated heterocycles. The van der Waals surface area contributed by atoms with E-state index in [9.17, 15) is 38.3 Å². The third kappa shape index (κ3) is 17.8. The molecule has 3 aliphatic heterocycles. The Balaban J connectivity index is 0.000000287. The number of aliphatic hydroxyl groups is 1. The lowest BCUT2D eigenvalue weighted by Gasteiger charge is -2.39. The number of carboxylic acid groups (broad SMARTS) is 2. The fourth-order valence-electron chi connectivity index (χ4n) is 8.04. The molecule has 0 spiro atoms. The average molecular weight is 1020 g/mol. The van der Waals surface area contributed by atoms with Crippen LogP contribution in [0.25, 0.3) is 0 Å². The number of hydrogen-bond acceptors (Lipinski definition) is 16. The number of aromatic nitrogens is 9. The van der Waals surface area contributed by atoms with Crippen LogP contribution in [0, 0.1) is 20.8 Å². The zero-order valence-corrected chi connectivity index (χ0v) is 42.1. The summed E-state index contributed by atoms with van der Waals surface area (Å²) in [5, 5.41) is 28.5. The second-order valence-corrected chi connectivity index (χ2v) is 17.1. The Kier molecular flexibility index (Phi) is 23.7. The maximum absolute atomic E-state index is 13.2. The molecule has 24 nitrogen and oxygen atoms in total. The summed E-state index contributed by atoms with van der Waals surface area (Å²) in [6.07, 6.45) is 3.04. The molecule has 26 heteroatoms. The number of nitrogens with zero attached hydrogens (tertiary/aromatic N) is 9. The summed E-state index contributed by atoms with van der Waals surface area (Å²) in [4.78, 5) is 104. The smallest absolute Gasteiger partial charge is 0.414 e. The van der Waals surface area contributed by atoms with Gasteiger partial charge in [0.1, 0.15) is 24.1 Å². The number of fused-ring (bicyclic) bond motifs is 2. The summed E-state index contributed by atoms with van der Waals surface area (Å²) in [7, 11) is 0. The first-order valence-corrected chi connectivity index (χ1v) is 23.6. The Labute approximate surface area is 412 Å². The molecule has 7 rings (SSSR count). The zero-order chi connectivity index (χ0) is 53.1. The largest absolute Gasteiger partial charge is 0.473 e. The number of aliphatic hydroxyl groups excluding tert-OH is 1. The lowest BCUT2D eigenvalue weighted by molar-refractivity contribution is -0.159.